The van der Waals surface area contributed by atoms with E-state index < -0.39 is 6.09 Å². The van der Waals surface area contributed by atoms with E-state index >= 15 is 0 Å². The van der Waals surface area contributed by atoms with Gasteiger partial charge in [0.05, 0.1) is 7.11 Å². The molecule has 0 aromatic carbocycles. The number of nitrogens with zero attached hydrogens (tertiary/aromatic N) is 1. The number of carboxylic acid groups (broad SMARTS) is 1. The second-order valence-electron chi connectivity index (χ2n) is 0.974. The summed E-state index contributed by atoms with van der Waals surface area (Å²) >= 11 is 0. The summed E-state index contributed by atoms with van der Waals surface area (Å²) in [5.41, 5.74) is 0. The van der Waals surface area contributed by atoms with Gasteiger partial charge < -0.3 is 5.11 Å². The second kappa shape index (κ2) is 3.04. The van der Waals surface area contributed by atoms with Gasteiger partial charge in [0.1, 0.15) is 0 Å². The van der Waals surface area contributed by atoms with Crippen LogP contribution in [0.1, 0.15) is 0 Å². The third kappa shape index (κ3) is 1.61. The van der Waals surface area contributed by atoms with E-state index in [1.807, 2.05) is 0 Å². The number of hydroxylamine groups is 2. The quantitative estimate of drug-likeness (QED) is 0.541. The van der Waals surface area contributed by atoms with Gasteiger partial charge in [-0.25, -0.2) is 4.79 Å². The number of rotatable bonds is 2. The SMILES string of the molecule is C=CN(OC)C(=O)O. The van der Waals surface area contributed by atoms with Gasteiger partial charge in [0.25, 0.3) is 0 Å². The Morgan fingerprint density at radius 3 is 2.50 bits per heavy atom. The summed E-state index contributed by atoms with van der Waals surface area (Å²) < 4.78 is 0. The van der Waals surface area contributed by atoms with Gasteiger partial charge in [0.15, 0.2) is 0 Å². The fourth-order valence-electron chi connectivity index (χ4n) is 0.231. The maximum atomic E-state index is 9.89. The highest BCUT2D eigenvalue weighted by atomic mass is 16.7. The highest BCUT2D eigenvalue weighted by molar-refractivity contribution is 5.64. The molecular formula is C4H7NO3. The standard InChI is InChI=1S/C4H7NO3/c1-3-5(8-2)4(6)7/h3H,1H2,2H3,(H,6,7). The molecule has 0 saturated carbocycles. The summed E-state index contributed by atoms with van der Waals surface area (Å²) in [5, 5.41) is 8.70. The largest absolute Gasteiger partial charge is 0.463 e. The molecule has 4 nitrogen and oxygen atoms in total. The lowest BCUT2D eigenvalue weighted by atomic mass is 10.9. The predicted octanol–water partition coefficient (Wildman–Crippen LogP) is 0.671. The fraction of sp³-hybridized carbons (Fsp3) is 0.250. The first kappa shape index (κ1) is 6.97. The van der Waals surface area contributed by atoms with Crippen LogP contribution in [0.15, 0.2) is 12.8 Å². The summed E-state index contributed by atoms with van der Waals surface area (Å²) in [4.78, 5) is 14.2. The van der Waals surface area contributed by atoms with E-state index in [1.54, 1.807) is 0 Å². The second-order valence-corrected chi connectivity index (χ2v) is 0.974. The van der Waals surface area contributed by atoms with Gasteiger partial charge in [0.2, 0.25) is 0 Å². The monoisotopic (exact) mass is 117 g/mol. The van der Waals surface area contributed by atoms with Crippen LogP contribution in [0.2, 0.25) is 0 Å². The zero-order valence-electron chi connectivity index (χ0n) is 4.50. The van der Waals surface area contributed by atoms with Gasteiger partial charge in [-0.15, -0.1) is 0 Å². The first-order chi connectivity index (χ1) is 3.72. The smallest absolute Gasteiger partial charge is 0.435 e. The molecule has 8 heavy (non-hydrogen) atoms. The van der Waals surface area contributed by atoms with Crippen molar-refractivity contribution in [3.05, 3.63) is 12.8 Å². The molecule has 1 N–H and O–H groups in total. The minimum atomic E-state index is -1.18. The molecule has 0 fully saturated rings. The van der Waals surface area contributed by atoms with Crippen molar-refractivity contribution in [1.29, 1.82) is 0 Å². The van der Waals surface area contributed by atoms with Crippen molar-refractivity contribution >= 4 is 6.09 Å². The molecule has 4 heteroatoms. The molecular weight excluding hydrogens is 110 g/mol. The third-order valence-electron chi connectivity index (χ3n) is 0.551. The van der Waals surface area contributed by atoms with Crippen LogP contribution in [0.4, 0.5) is 4.79 Å². The fourth-order valence-corrected chi connectivity index (χ4v) is 0.231. The Bertz CT molecular complexity index is 101. The number of amides is 1. The molecule has 0 aliphatic rings. The molecule has 0 bridgehead atoms. The molecule has 0 saturated heterocycles. The summed E-state index contributed by atoms with van der Waals surface area (Å²) in [7, 11) is 1.25. The summed E-state index contributed by atoms with van der Waals surface area (Å²) in [6.07, 6.45) is -0.120. The molecule has 0 rings (SSSR count). The van der Waals surface area contributed by atoms with Crippen LogP contribution < -0.4 is 0 Å². The van der Waals surface area contributed by atoms with Crippen molar-refractivity contribution in [2.45, 2.75) is 0 Å². The molecule has 0 aliphatic carbocycles. The molecule has 0 unspecified atom stereocenters. The van der Waals surface area contributed by atoms with E-state index in [9.17, 15) is 4.79 Å². The molecule has 0 aromatic heterocycles. The van der Waals surface area contributed by atoms with Crippen molar-refractivity contribution < 1.29 is 14.7 Å². The summed E-state index contributed by atoms with van der Waals surface area (Å²) in [6.45, 7) is 3.17. The first-order valence-electron chi connectivity index (χ1n) is 1.91. The normalized spacial score (nSPS) is 8.12. The molecule has 0 atom stereocenters. The Hall–Kier alpha value is -1.03. The van der Waals surface area contributed by atoms with Crippen molar-refractivity contribution in [2.24, 2.45) is 0 Å². The van der Waals surface area contributed by atoms with Gasteiger partial charge in [0, 0.05) is 6.20 Å². The Morgan fingerprint density at radius 2 is 2.50 bits per heavy atom. The van der Waals surface area contributed by atoms with Crippen LogP contribution in [0, 0.1) is 0 Å². The molecule has 0 heterocycles. The van der Waals surface area contributed by atoms with E-state index in [1.165, 1.54) is 7.11 Å². The number of carbonyl (C=O) groups is 1. The minimum Gasteiger partial charge on any atom is -0.463 e. The zero-order valence-corrected chi connectivity index (χ0v) is 4.50. The number of hydrogen-bond acceptors (Lipinski definition) is 2. The number of hydrogen-bond donors (Lipinski definition) is 1. The lowest BCUT2D eigenvalue weighted by Crippen LogP contribution is -2.21. The van der Waals surface area contributed by atoms with Crippen LogP contribution in [0.3, 0.4) is 0 Å². The van der Waals surface area contributed by atoms with E-state index in [4.69, 9.17) is 5.11 Å². The van der Waals surface area contributed by atoms with Crippen molar-refractivity contribution in [2.75, 3.05) is 7.11 Å². The van der Waals surface area contributed by atoms with Crippen LogP contribution in [0.5, 0.6) is 0 Å². The van der Waals surface area contributed by atoms with E-state index in [2.05, 4.69) is 11.4 Å². The van der Waals surface area contributed by atoms with Crippen molar-refractivity contribution in [3.63, 3.8) is 0 Å². The predicted molar refractivity (Wildman–Crippen MR) is 27.1 cm³/mol. The van der Waals surface area contributed by atoms with E-state index in [0.29, 0.717) is 5.06 Å². The Labute approximate surface area is 46.9 Å². The van der Waals surface area contributed by atoms with Crippen LogP contribution in [0.25, 0.3) is 0 Å². The zero-order chi connectivity index (χ0) is 6.57. The maximum absolute atomic E-state index is 9.89. The average Bonchev–Trinajstić information content (AvgIpc) is 1.69. The highest BCUT2D eigenvalue weighted by Gasteiger charge is 2.02. The van der Waals surface area contributed by atoms with Gasteiger partial charge in [-0.2, -0.15) is 5.06 Å². The summed E-state index contributed by atoms with van der Waals surface area (Å²) in [5.74, 6) is 0. The Kier molecular flexibility index (Phi) is 2.64. The topological polar surface area (TPSA) is 49.8 Å². The van der Waals surface area contributed by atoms with Crippen LogP contribution in [-0.4, -0.2) is 23.4 Å². The molecule has 0 aliphatic heterocycles. The lowest BCUT2D eigenvalue weighted by Gasteiger charge is -2.07. The minimum absolute atomic E-state index is 0.597. The molecule has 0 spiro atoms. The van der Waals surface area contributed by atoms with Gasteiger partial charge >= 0.3 is 6.09 Å². The summed E-state index contributed by atoms with van der Waals surface area (Å²) in [6, 6.07) is 0. The van der Waals surface area contributed by atoms with Crippen molar-refractivity contribution in [3.8, 4) is 0 Å². The van der Waals surface area contributed by atoms with Crippen LogP contribution >= 0.6 is 0 Å². The van der Waals surface area contributed by atoms with Gasteiger partial charge in [-0.1, -0.05) is 6.58 Å². The maximum Gasteiger partial charge on any atom is 0.435 e. The first-order valence-corrected chi connectivity index (χ1v) is 1.91. The van der Waals surface area contributed by atoms with Crippen LogP contribution in [-0.2, 0) is 4.84 Å². The molecule has 0 aromatic rings. The Morgan fingerprint density at radius 1 is 2.00 bits per heavy atom. The molecule has 1 amide bonds. The van der Waals surface area contributed by atoms with Crippen molar-refractivity contribution in [1.82, 2.24) is 5.06 Å². The molecule has 0 radical (unpaired) electrons. The van der Waals surface area contributed by atoms with E-state index in [-0.39, 0.29) is 0 Å². The molecule has 46 valence electrons. The average molecular weight is 117 g/mol. The highest BCUT2D eigenvalue weighted by Crippen LogP contribution is 1.86. The van der Waals surface area contributed by atoms with Gasteiger partial charge in [-0.3, -0.25) is 4.84 Å². The van der Waals surface area contributed by atoms with E-state index in [0.717, 1.165) is 6.20 Å². The van der Waals surface area contributed by atoms with Gasteiger partial charge in [-0.05, 0) is 0 Å². The lowest BCUT2D eigenvalue weighted by molar-refractivity contribution is -0.0631. The Balaban J connectivity index is 3.69. The third-order valence-corrected chi connectivity index (χ3v) is 0.551.